The van der Waals surface area contributed by atoms with E-state index in [0.29, 0.717) is 0 Å². The largest absolute Gasteiger partial charge is 0.481 e. The topological polar surface area (TPSA) is 38.3 Å². The minimum atomic E-state index is -0.524. The number of ether oxygens (including phenoxy) is 1. The number of amides is 1. The lowest BCUT2D eigenvalue weighted by Gasteiger charge is -2.24. The van der Waals surface area contributed by atoms with Crippen LogP contribution >= 0.6 is 0 Å². The zero-order valence-electron chi connectivity index (χ0n) is 16.8. The van der Waals surface area contributed by atoms with Gasteiger partial charge in [-0.05, 0) is 73.8 Å². The van der Waals surface area contributed by atoms with Gasteiger partial charge in [-0.25, -0.2) is 0 Å². The maximum Gasteiger partial charge on any atom is 0.261 e. The highest BCUT2D eigenvalue weighted by atomic mass is 16.5. The van der Waals surface area contributed by atoms with Gasteiger partial charge in [-0.2, -0.15) is 0 Å². The second-order valence-electron chi connectivity index (χ2n) is 7.43. The van der Waals surface area contributed by atoms with Gasteiger partial charge >= 0.3 is 0 Å². The molecule has 0 aromatic heterocycles. The lowest BCUT2D eigenvalue weighted by molar-refractivity contribution is -0.128. The molecule has 2 atom stereocenters. The lowest BCUT2D eigenvalue weighted by atomic mass is 9.89. The maximum absolute atomic E-state index is 12.7. The molecule has 144 valence electrons. The van der Waals surface area contributed by atoms with Gasteiger partial charge in [0.15, 0.2) is 6.10 Å². The molecule has 0 heterocycles. The Morgan fingerprint density at radius 1 is 1.07 bits per heavy atom. The average Bonchev–Trinajstić information content (AvgIpc) is 2.71. The molecule has 2 aromatic carbocycles. The van der Waals surface area contributed by atoms with Crippen molar-refractivity contribution in [2.45, 2.75) is 71.4 Å². The van der Waals surface area contributed by atoms with Crippen LogP contribution in [0.2, 0.25) is 0 Å². The average molecular weight is 366 g/mol. The van der Waals surface area contributed by atoms with E-state index in [2.05, 4.69) is 37.4 Å². The first-order valence-electron chi connectivity index (χ1n) is 10.3. The first-order valence-corrected chi connectivity index (χ1v) is 10.3. The fourth-order valence-electron chi connectivity index (χ4n) is 3.84. The second kappa shape index (κ2) is 9.07. The van der Waals surface area contributed by atoms with Gasteiger partial charge in [0.1, 0.15) is 5.75 Å². The van der Waals surface area contributed by atoms with Crippen LogP contribution in [0, 0.1) is 0 Å². The number of fused-ring (bicyclic) bond motifs is 1. The highest BCUT2D eigenvalue weighted by molar-refractivity contribution is 5.81. The van der Waals surface area contributed by atoms with E-state index < -0.39 is 6.10 Å². The zero-order valence-corrected chi connectivity index (χ0v) is 16.8. The van der Waals surface area contributed by atoms with Gasteiger partial charge in [0, 0.05) is 0 Å². The first kappa shape index (κ1) is 19.5. The number of benzene rings is 2. The van der Waals surface area contributed by atoms with Gasteiger partial charge in [0.25, 0.3) is 5.91 Å². The molecule has 1 amide bonds. The molecule has 0 saturated heterocycles. The Kier molecular flexibility index (Phi) is 6.54. The summed E-state index contributed by atoms with van der Waals surface area (Å²) in [5, 5.41) is 3.18. The van der Waals surface area contributed by atoms with E-state index >= 15 is 0 Å². The molecule has 2 unspecified atom stereocenters. The van der Waals surface area contributed by atoms with E-state index in [0.717, 1.165) is 30.6 Å². The van der Waals surface area contributed by atoms with Crippen molar-refractivity contribution in [3.63, 3.8) is 0 Å². The highest BCUT2D eigenvalue weighted by Gasteiger charge is 2.21. The number of hydrogen-bond acceptors (Lipinski definition) is 2. The van der Waals surface area contributed by atoms with Crippen molar-refractivity contribution >= 4 is 5.91 Å². The number of para-hydroxylation sites is 1. The Hall–Kier alpha value is -2.29. The molecule has 3 nitrogen and oxygen atoms in total. The molecule has 0 radical (unpaired) electrons. The predicted octanol–water partition coefficient (Wildman–Crippen LogP) is 5.16. The highest BCUT2D eigenvalue weighted by Crippen LogP contribution is 2.26. The second-order valence-corrected chi connectivity index (χ2v) is 7.43. The van der Waals surface area contributed by atoms with Crippen molar-refractivity contribution in [2.24, 2.45) is 0 Å². The molecular formula is C24H31NO2. The molecule has 0 aliphatic heterocycles. The van der Waals surface area contributed by atoms with Crippen molar-refractivity contribution < 1.29 is 9.53 Å². The monoisotopic (exact) mass is 365 g/mol. The first-order chi connectivity index (χ1) is 13.1. The number of nitrogens with one attached hydrogen (secondary N) is 1. The smallest absolute Gasteiger partial charge is 0.261 e. The third-order valence-electron chi connectivity index (χ3n) is 5.53. The van der Waals surface area contributed by atoms with Crippen LogP contribution in [0.3, 0.4) is 0 Å². The molecule has 0 bridgehead atoms. The van der Waals surface area contributed by atoms with E-state index in [1.807, 2.05) is 31.2 Å². The third-order valence-corrected chi connectivity index (χ3v) is 5.53. The lowest BCUT2D eigenvalue weighted by Crippen LogP contribution is -2.38. The fourth-order valence-corrected chi connectivity index (χ4v) is 3.84. The van der Waals surface area contributed by atoms with E-state index in [1.54, 1.807) is 0 Å². The molecule has 1 N–H and O–H groups in total. The van der Waals surface area contributed by atoms with Crippen LogP contribution in [0.25, 0.3) is 0 Å². The molecule has 0 spiro atoms. The molecule has 1 aliphatic rings. The molecule has 0 fully saturated rings. The summed E-state index contributed by atoms with van der Waals surface area (Å²) in [6, 6.07) is 14.7. The predicted molar refractivity (Wildman–Crippen MR) is 110 cm³/mol. The summed E-state index contributed by atoms with van der Waals surface area (Å²) < 4.78 is 5.96. The summed E-state index contributed by atoms with van der Waals surface area (Å²) in [5.74, 6) is 0.731. The van der Waals surface area contributed by atoms with Crippen LogP contribution in [-0.2, 0) is 24.1 Å². The van der Waals surface area contributed by atoms with Crippen molar-refractivity contribution in [1.82, 2.24) is 5.32 Å². The Morgan fingerprint density at radius 3 is 2.56 bits per heavy atom. The summed E-state index contributed by atoms with van der Waals surface area (Å²) >= 11 is 0. The standard InChI is InChI=1S/C24H31NO2/c1-4-18-10-8-9-13-23(18)27-17(3)24(26)25-22(5-2)21-15-14-19-11-6-7-12-20(19)16-21/h8-10,13-17,22H,4-7,11-12H2,1-3H3,(H,25,26). The van der Waals surface area contributed by atoms with Crippen LogP contribution in [-0.4, -0.2) is 12.0 Å². The summed E-state index contributed by atoms with van der Waals surface area (Å²) in [6.07, 6.45) is 6.11. The number of rotatable bonds is 7. The fraction of sp³-hybridized carbons (Fsp3) is 0.458. The minimum Gasteiger partial charge on any atom is -0.481 e. The van der Waals surface area contributed by atoms with Crippen LogP contribution in [0.4, 0.5) is 0 Å². The van der Waals surface area contributed by atoms with Gasteiger partial charge in [-0.3, -0.25) is 4.79 Å². The quantitative estimate of drug-likeness (QED) is 0.736. The van der Waals surface area contributed by atoms with Crippen LogP contribution in [0.5, 0.6) is 5.75 Å². The molecule has 2 aromatic rings. The van der Waals surface area contributed by atoms with Gasteiger partial charge in [0.2, 0.25) is 0 Å². The van der Waals surface area contributed by atoms with Crippen molar-refractivity contribution in [2.75, 3.05) is 0 Å². The Labute approximate surface area is 163 Å². The molecule has 3 heteroatoms. The van der Waals surface area contributed by atoms with Crippen molar-refractivity contribution in [3.05, 3.63) is 64.7 Å². The summed E-state index contributed by atoms with van der Waals surface area (Å²) in [7, 11) is 0. The van der Waals surface area contributed by atoms with Gasteiger partial charge < -0.3 is 10.1 Å². The van der Waals surface area contributed by atoms with Gasteiger partial charge in [-0.1, -0.05) is 50.2 Å². The molecule has 1 aliphatic carbocycles. The summed E-state index contributed by atoms with van der Waals surface area (Å²) in [4.78, 5) is 12.7. The molecule has 0 saturated carbocycles. The van der Waals surface area contributed by atoms with Crippen molar-refractivity contribution in [3.8, 4) is 5.75 Å². The number of carbonyl (C=O) groups is 1. The molecule has 3 rings (SSSR count). The van der Waals surface area contributed by atoms with Gasteiger partial charge in [0.05, 0.1) is 6.04 Å². The van der Waals surface area contributed by atoms with Crippen LogP contribution in [0.15, 0.2) is 42.5 Å². The molecular weight excluding hydrogens is 334 g/mol. The number of aryl methyl sites for hydroxylation is 3. The summed E-state index contributed by atoms with van der Waals surface area (Å²) in [6.45, 7) is 6.03. The van der Waals surface area contributed by atoms with E-state index in [-0.39, 0.29) is 11.9 Å². The number of carbonyl (C=O) groups excluding carboxylic acids is 1. The van der Waals surface area contributed by atoms with Gasteiger partial charge in [-0.15, -0.1) is 0 Å². The normalized spacial score (nSPS) is 15.5. The maximum atomic E-state index is 12.7. The van der Waals surface area contributed by atoms with E-state index in [9.17, 15) is 4.79 Å². The third kappa shape index (κ3) is 4.71. The Morgan fingerprint density at radius 2 is 1.81 bits per heavy atom. The van der Waals surface area contributed by atoms with Crippen LogP contribution in [0.1, 0.15) is 68.3 Å². The SMILES string of the molecule is CCc1ccccc1OC(C)C(=O)NC(CC)c1ccc2c(c1)CCCC2. The minimum absolute atomic E-state index is 0.0252. The van der Waals surface area contributed by atoms with Crippen LogP contribution < -0.4 is 10.1 Å². The zero-order chi connectivity index (χ0) is 19.2. The molecule has 27 heavy (non-hydrogen) atoms. The Bertz CT molecular complexity index is 784. The van der Waals surface area contributed by atoms with Crippen molar-refractivity contribution in [1.29, 1.82) is 0 Å². The number of hydrogen-bond donors (Lipinski definition) is 1. The Balaban J connectivity index is 1.67. The van der Waals surface area contributed by atoms with E-state index in [4.69, 9.17) is 4.74 Å². The van der Waals surface area contributed by atoms with E-state index in [1.165, 1.54) is 36.0 Å². The summed E-state index contributed by atoms with van der Waals surface area (Å²) in [5.41, 5.74) is 5.25.